The van der Waals surface area contributed by atoms with Gasteiger partial charge in [-0.25, -0.2) is 17.2 Å². The van der Waals surface area contributed by atoms with E-state index < -0.39 is 27.4 Å². The highest BCUT2D eigenvalue weighted by Gasteiger charge is 2.28. The van der Waals surface area contributed by atoms with Gasteiger partial charge >= 0.3 is 0 Å². The molecular weight excluding hydrogens is 434 g/mol. The van der Waals surface area contributed by atoms with Crippen molar-refractivity contribution in [2.45, 2.75) is 37.0 Å². The van der Waals surface area contributed by atoms with Crippen LogP contribution in [-0.4, -0.2) is 41.9 Å². The first-order valence-corrected chi connectivity index (χ1v) is 11.1. The summed E-state index contributed by atoms with van der Waals surface area (Å²) in [7, 11) is -3.86. The van der Waals surface area contributed by atoms with E-state index >= 15 is 0 Å². The topological polar surface area (TPSA) is 92.3 Å². The number of halogens is 3. The lowest BCUT2D eigenvalue weighted by Gasteiger charge is -2.21. The number of alkyl halides is 2. The summed E-state index contributed by atoms with van der Waals surface area (Å²) in [5.74, 6) is -0.694. The van der Waals surface area contributed by atoms with Crippen molar-refractivity contribution in [3.8, 4) is 0 Å². The molecule has 0 unspecified atom stereocenters. The minimum absolute atomic E-state index is 0.0108. The molecule has 0 bridgehead atoms. The Morgan fingerprint density at radius 1 is 1.18 bits per heavy atom. The molecule has 0 aliphatic carbocycles. The molecule has 1 fully saturated rings. The fourth-order valence-electron chi connectivity index (χ4n) is 2.81. The van der Waals surface area contributed by atoms with E-state index in [0.717, 1.165) is 25.7 Å². The number of anilines is 1. The van der Waals surface area contributed by atoms with Gasteiger partial charge in [0.1, 0.15) is 4.90 Å². The lowest BCUT2D eigenvalue weighted by atomic mass is 10.2. The van der Waals surface area contributed by atoms with Gasteiger partial charge in [-0.1, -0.05) is 35.8 Å². The molecule has 1 aliphatic rings. The Hall–Kier alpha value is -1.69. The van der Waals surface area contributed by atoms with Gasteiger partial charge < -0.3 is 0 Å². The lowest BCUT2D eigenvalue weighted by Crippen LogP contribution is -2.32. The summed E-state index contributed by atoms with van der Waals surface area (Å²) in [6.07, 6.45) is 0.667. The summed E-state index contributed by atoms with van der Waals surface area (Å²) in [6, 6.07) is 3.87. The Morgan fingerprint density at radius 3 is 2.46 bits per heavy atom. The van der Waals surface area contributed by atoms with Gasteiger partial charge in [-0.05, 0) is 31.0 Å². The number of sulfonamides is 1. The quantitative estimate of drug-likeness (QED) is 0.744. The molecule has 0 spiro atoms. The van der Waals surface area contributed by atoms with E-state index in [1.54, 1.807) is 0 Å². The maximum atomic E-state index is 13.0. The zero-order valence-electron chi connectivity index (χ0n) is 14.6. The zero-order chi connectivity index (χ0) is 20.3. The van der Waals surface area contributed by atoms with E-state index in [2.05, 4.69) is 15.5 Å². The average molecular weight is 451 g/mol. The fraction of sp³-hybridized carbons (Fsp3) is 0.438. The van der Waals surface area contributed by atoms with Gasteiger partial charge in [-0.3, -0.25) is 10.1 Å². The molecular formula is C16H17ClF2N4O3S2. The number of hydrogen-bond donors (Lipinski definition) is 1. The molecule has 1 amide bonds. The molecule has 1 aliphatic heterocycles. The van der Waals surface area contributed by atoms with Gasteiger partial charge in [0.25, 0.3) is 12.3 Å². The standard InChI is InChI=1S/C16H17ClF2N4O3S2/c17-11-6-5-10(14(24)20-16-22-21-15(27-16)13(18)19)9-12(11)28(25,26)23-7-3-1-2-4-8-23/h5-6,9,13H,1-4,7-8H2,(H,20,22,24). The van der Waals surface area contributed by atoms with Crippen LogP contribution >= 0.6 is 22.9 Å². The van der Waals surface area contributed by atoms with Crippen molar-refractivity contribution in [3.63, 3.8) is 0 Å². The third-order valence-electron chi connectivity index (χ3n) is 4.22. The van der Waals surface area contributed by atoms with Crippen LogP contribution in [0.2, 0.25) is 5.02 Å². The Kier molecular flexibility index (Phi) is 6.58. The molecule has 7 nitrogen and oxygen atoms in total. The third kappa shape index (κ3) is 4.65. The maximum absolute atomic E-state index is 13.0. The van der Waals surface area contributed by atoms with Crippen molar-refractivity contribution < 1.29 is 22.0 Å². The van der Waals surface area contributed by atoms with Crippen LogP contribution in [0, 0.1) is 0 Å². The summed E-state index contributed by atoms with van der Waals surface area (Å²) >= 11 is 6.65. The molecule has 28 heavy (non-hydrogen) atoms. The maximum Gasteiger partial charge on any atom is 0.291 e. The van der Waals surface area contributed by atoms with Crippen molar-refractivity contribution in [2.75, 3.05) is 18.4 Å². The van der Waals surface area contributed by atoms with Crippen molar-refractivity contribution >= 4 is 44.0 Å². The van der Waals surface area contributed by atoms with Crippen LogP contribution in [0.25, 0.3) is 0 Å². The lowest BCUT2D eigenvalue weighted by molar-refractivity contribution is 0.102. The van der Waals surface area contributed by atoms with Crippen LogP contribution in [0.3, 0.4) is 0 Å². The van der Waals surface area contributed by atoms with Crippen molar-refractivity contribution in [1.82, 2.24) is 14.5 Å². The Labute approximate surface area is 169 Å². The summed E-state index contributed by atoms with van der Waals surface area (Å²) in [5, 5.41) is 8.49. The molecule has 2 heterocycles. The molecule has 1 saturated heterocycles. The minimum Gasteiger partial charge on any atom is -0.296 e. The third-order valence-corrected chi connectivity index (χ3v) is 7.45. The highest BCUT2D eigenvalue weighted by molar-refractivity contribution is 7.89. The Balaban J connectivity index is 1.84. The highest BCUT2D eigenvalue weighted by atomic mass is 35.5. The number of nitrogens with one attached hydrogen (secondary N) is 1. The van der Waals surface area contributed by atoms with Gasteiger partial charge in [0, 0.05) is 18.7 Å². The molecule has 1 N–H and O–H groups in total. The van der Waals surface area contributed by atoms with E-state index in [-0.39, 0.29) is 20.6 Å². The first-order chi connectivity index (χ1) is 13.3. The molecule has 12 heteroatoms. The number of aromatic nitrogens is 2. The second-order valence-corrected chi connectivity index (χ2v) is 9.49. The predicted octanol–water partition coefficient (Wildman–Crippen LogP) is 3.95. The summed E-state index contributed by atoms with van der Waals surface area (Å²) < 4.78 is 52.5. The fourth-order valence-corrected chi connectivity index (χ4v) is 5.42. The normalized spacial score (nSPS) is 16.1. The first-order valence-electron chi connectivity index (χ1n) is 8.51. The van der Waals surface area contributed by atoms with E-state index in [1.165, 1.54) is 22.5 Å². The molecule has 0 radical (unpaired) electrons. The summed E-state index contributed by atoms with van der Waals surface area (Å²) in [5.41, 5.74) is 0.0200. The number of benzene rings is 1. The molecule has 1 aromatic heterocycles. The van der Waals surface area contributed by atoms with Gasteiger partial charge in [0.2, 0.25) is 15.2 Å². The first kappa shape index (κ1) is 21.0. The van der Waals surface area contributed by atoms with Crippen LogP contribution < -0.4 is 5.32 Å². The smallest absolute Gasteiger partial charge is 0.291 e. The molecule has 3 rings (SSSR count). The van der Waals surface area contributed by atoms with Crippen LogP contribution in [-0.2, 0) is 10.0 Å². The highest BCUT2D eigenvalue weighted by Crippen LogP contribution is 2.29. The number of amides is 1. The Morgan fingerprint density at radius 2 is 1.86 bits per heavy atom. The van der Waals surface area contributed by atoms with Gasteiger partial charge in [-0.2, -0.15) is 4.31 Å². The SMILES string of the molecule is O=C(Nc1nnc(C(F)F)s1)c1ccc(Cl)c(S(=O)(=O)N2CCCCCC2)c1. The van der Waals surface area contributed by atoms with Crippen molar-refractivity contribution in [1.29, 1.82) is 0 Å². The number of rotatable bonds is 5. The summed E-state index contributed by atoms with van der Waals surface area (Å²) in [6.45, 7) is 0.798. The van der Waals surface area contributed by atoms with Crippen LogP contribution in [0.5, 0.6) is 0 Å². The molecule has 1 aromatic carbocycles. The number of hydrogen-bond acceptors (Lipinski definition) is 6. The minimum atomic E-state index is -3.86. The molecule has 2 aromatic rings. The van der Waals surface area contributed by atoms with Crippen LogP contribution in [0.15, 0.2) is 23.1 Å². The second kappa shape index (κ2) is 8.76. The van der Waals surface area contributed by atoms with Crippen LogP contribution in [0.1, 0.15) is 47.5 Å². The van der Waals surface area contributed by atoms with Gasteiger partial charge in [0.15, 0.2) is 5.01 Å². The Bertz CT molecular complexity index is 961. The predicted molar refractivity (Wildman–Crippen MR) is 101 cm³/mol. The van der Waals surface area contributed by atoms with Crippen LogP contribution in [0.4, 0.5) is 13.9 Å². The van der Waals surface area contributed by atoms with Crippen molar-refractivity contribution in [2.24, 2.45) is 0 Å². The van der Waals surface area contributed by atoms with Gasteiger partial charge in [0.05, 0.1) is 5.02 Å². The number of carbonyl (C=O) groups is 1. The molecule has 152 valence electrons. The molecule has 0 saturated carbocycles. The van der Waals surface area contributed by atoms with Crippen molar-refractivity contribution in [3.05, 3.63) is 33.8 Å². The average Bonchev–Trinajstić information content (AvgIpc) is 2.94. The van der Waals surface area contributed by atoms with E-state index in [9.17, 15) is 22.0 Å². The van der Waals surface area contributed by atoms with E-state index in [0.29, 0.717) is 24.4 Å². The van der Waals surface area contributed by atoms with E-state index in [4.69, 9.17) is 11.6 Å². The number of nitrogens with zero attached hydrogens (tertiary/aromatic N) is 3. The summed E-state index contributed by atoms with van der Waals surface area (Å²) in [4.78, 5) is 12.2. The number of carbonyl (C=O) groups excluding carboxylic acids is 1. The molecule has 0 atom stereocenters. The second-order valence-electron chi connectivity index (χ2n) is 6.16. The monoisotopic (exact) mass is 450 g/mol. The van der Waals surface area contributed by atoms with E-state index in [1.807, 2.05) is 0 Å². The zero-order valence-corrected chi connectivity index (χ0v) is 17.0. The largest absolute Gasteiger partial charge is 0.296 e. The van der Waals surface area contributed by atoms with Gasteiger partial charge in [-0.15, -0.1) is 10.2 Å².